The topological polar surface area (TPSA) is 170 Å². The molecule has 3 heterocycles. The molecule has 0 radical (unpaired) electrons. The Morgan fingerprint density at radius 3 is 2.10 bits per heavy atom. The number of alkyl carbamates (subject to hydrolysis) is 1. The third kappa shape index (κ3) is 12.4. The van der Waals surface area contributed by atoms with Crippen LogP contribution in [0.5, 0.6) is 11.5 Å². The predicted octanol–water partition coefficient (Wildman–Crippen LogP) is 10.1. The number of imidazole rings is 1. The van der Waals surface area contributed by atoms with Gasteiger partial charge in [-0.3, -0.25) is 9.36 Å². The molecule has 6 aromatic rings. The molecule has 2 aromatic heterocycles. The zero-order valence-electron chi connectivity index (χ0n) is 41.1. The number of hydrogen-bond donors (Lipinski definition) is 2. The largest absolute Gasteiger partial charge is 0.497 e. The number of rotatable bonds is 24. The van der Waals surface area contributed by atoms with Crippen LogP contribution in [-0.4, -0.2) is 107 Å². The lowest BCUT2D eigenvalue weighted by atomic mass is 9.80. The maximum Gasteiger partial charge on any atom is 0.407 e. The van der Waals surface area contributed by atoms with Crippen molar-refractivity contribution in [3.05, 3.63) is 144 Å². The van der Waals surface area contributed by atoms with Crippen LogP contribution in [0.25, 0.3) is 11.2 Å². The number of hydrogen-bond acceptors (Lipinski definition) is 14. The summed E-state index contributed by atoms with van der Waals surface area (Å²) in [4.78, 5) is 39.4. The zero-order chi connectivity index (χ0) is 49.6. The molecule has 18 heteroatoms. The van der Waals surface area contributed by atoms with Crippen molar-refractivity contribution in [1.29, 1.82) is 0 Å². The lowest BCUT2D eigenvalue weighted by molar-refractivity contribution is -0.0912. The lowest BCUT2D eigenvalue weighted by Gasteiger charge is -2.39. The van der Waals surface area contributed by atoms with E-state index in [1.165, 1.54) is 6.33 Å². The fourth-order valence-corrected chi connectivity index (χ4v) is 10.5. The Labute approximate surface area is 416 Å². The Morgan fingerprint density at radius 1 is 0.857 bits per heavy atom. The van der Waals surface area contributed by atoms with Gasteiger partial charge in [0.2, 0.25) is 0 Å². The number of nitrogens with one attached hydrogen (secondary N) is 2. The molecule has 1 aliphatic heterocycles. The number of fused-ring (bicyclic) bond motifs is 1. The van der Waals surface area contributed by atoms with Crippen molar-refractivity contribution in [2.45, 2.75) is 90.1 Å². The summed E-state index contributed by atoms with van der Waals surface area (Å²) in [5, 5.41) is 5.65. The molecule has 1 saturated heterocycles. The Balaban J connectivity index is 1.20. The van der Waals surface area contributed by atoms with Crippen LogP contribution in [0.4, 0.5) is 10.6 Å². The summed E-state index contributed by atoms with van der Waals surface area (Å²) >= 11 is 1.60. The van der Waals surface area contributed by atoms with E-state index in [-0.39, 0.29) is 37.0 Å². The molecule has 4 aromatic carbocycles. The van der Waals surface area contributed by atoms with Crippen LogP contribution in [0.2, 0.25) is 0 Å². The molecule has 4 atom stereocenters. The van der Waals surface area contributed by atoms with Gasteiger partial charge in [0.25, 0.3) is 14.4 Å². The molecule has 1 aliphatic rings. The normalized spacial score (nSPS) is 16.5. The number of methoxy groups -OCH3 is 2. The number of ether oxygens (including phenoxy) is 5. The Bertz CT molecular complexity index is 2530. The minimum absolute atomic E-state index is 0.106. The minimum atomic E-state index is -1.54. The van der Waals surface area contributed by atoms with Crippen LogP contribution < -0.4 is 20.1 Å². The summed E-state index contributed by atoms with van der Waals surface area (Å²) in [5.41, 5.74) is 3.62. The molecule has 7 rings (SSSR count). The summed E-state index contributed by atoms with van der Waals surface area (Å²) in [5.74, 6) is 2.01. The van der Waals surface area contributed by atoms with E-state index in [1.807, 2.05) is 77.6 Å². The summed E-state index contributed by atoms with van der Waals surface area (Å²) in [6.45, 7) is 11.9. The molecule has 1 fully saturated rings. The van der Waals surface area contributed by atoms with E-state index in [0.29, 0.717) is 36.4 Å². The van der Waals surface area contributed by atoms with E-state index in [0.717, 1.165) is 45.9 Å². The first-order valence-corrected chi connectivity index (χ1v) is 26.0. The first kappa shape index (κ1) is 52.2. The molecule has 0 aliphatic carbocycles. The van der Waals surface area contributed by atoms with Gasteiger partial charge in [0.15, 0.2) is 17.0 Å². The molecule has 70 heavy (non-hydrogen) atoms. The highest BCUT2D eigenvalue weighted by Gasteiger charge is 2.45. The van der Waals surface area contributed by atoms with Gasteiger partial charge in [-0.15, -0.1) is 0 Å². The predicted molar refractivity (Wildman–Crippen MR) is 273 cm³/mol. The smallest absolute Gasteiger partial charge is 0.407 e. The number of carbonyl (C=O) groups is 2. The summed E-state index contributed by atoms with van der Waals surface area (Å²) in [6, 6.07) is 33.2. The van der Waals surface area contributed by atoms with Crippen LogP contribution in [0.3, 0.4) is 0 Å². The van der Waals surface area contributed by atoms with Crippen molar-refractivity contribution in [2.24, 2.45) is 0 Å². The van der Waals surface area contributed by atoms with E-state index in [9.17, 15) is 9.59 Å². The number of aromatic nitrogens is 4. The Hall–Kier alpha value is -5.65. The quantitative estimate of drug-likeness (QED) is 0.0334. The van der Waals surface area contributed by atoms with Gasteiger partial charge in [0.1, 0.15) is 42.4 Å². The van der Waals surface area contributed by atoms with Crippen LogP contribution >= 0.6 is 20.3 Å². The number of benzene rings is 4. The molecule has 2 amide bonds. The van der Waals surface area contributed by atoms with E-state index in [2.05, 4.69) is 72.0 Å². The average molecular weight is 994 g/mol. The van der Waals surface area contributed by atoms with Crippen molar-refractivity contribution < 1.29 is 42.3 Å². The van der Waals surface area contributed by atoms with Crippen molar-refractivity contribution >= 4 is 49.3 Å². The highest BCUT2D eigenvalue weighted by atomic mass is 32.2. The minimum Gasteiger partial charge on any atom is -0.497 e. The lowest BCUT2D eigenvalue weighted by Crippen LogP contribution is -2.39. The number of carbonyl (C=O) groups excluding carboxylic acids is 2. The van der Waals surface area contributed by atoms with Gasteiger partial charge < -0.3 is 43.4 Å². The maximum absolute atomic E-state index is 13.6. The van der Waals surface area contributed by atoms with Crippen LogP contribution in [-0.2, 0) is 35.4 Å². The fraction of sp³-hybridized carbons (Fsp3) is 0.404. The highest BCUT2D eigenvalue weighted by molar-refractivity contribution is 7.98. The van der Waals surface area contributed by atoms with Gasteiger partial charge in [-0.05, 0) is 99.0 Å². The second kappa shape index (κ2) is 25.0. The van der Waals surface area contributed by atoms with Crippen LogP contribution in [0.1, 0.15) is 86.3 Å². The molecule has 2 N–H and O–H groups in total. The zero-order valence-corrected chi connectivity index (χ0v) is 42.8. The Kier molecular flexibility index (Phi) is 18.6. The number of nitrogens with zero attached hydrogens (tertiary/aromatic N) is 5. The van der Waals surface area contributed by atoms with Gasteiger partial charge in [0.05, 0.1) is 39.9 Å². The molecule has 0 spiro atoms. The first-order valence-electron chi connectivity index (χ1n) is 23.5. The number of thioether (sulfide) groups is 1. The van der Waals surface area contributed by atoms with Gasteiger partial charge >= 0.3 is 6.09 Å². The number of anilines is 1. The number of amides is 2. The summed E-state index contributed by atoms with van der Waals surface area (Å²) in [7, 11) is 1.76. The molecule has 372 valence electrons. The van der Waals surface area contributed by atoms with E-state index in [4.69, 9.17) is 37.7 Å². The standard InChI is InChI=1S/C52H64N7O9PS/c1-9-27-66-69(59(35(2)3)36(4)5)68-44-30-46(58-34-56-47-48(54-33-55-49(47)58)57-50(60)38-17-15-37(16-18-38)31-53-51(61)64-28-29-70-8)67-45(44)32-65-52(39-13-11-10-12-14-39,40-19-23-42(62-6)24-20-40)41-21-25-43(63-7)26-22-41/h10-26,33-36,44-46H,9,27-32H2,1-8H3,(H,53,61)(H,54,55,57,60)/t44?,45-,46-,69?/m1/s1. The highest BCUT2D eigenvalue weighted by Crippen LogP contribution is 2.51. The fourth-order valence-electron chi connectivity index (χ4n) is 8.37. The summed E-state index contributed by atoms with van der Waals surface area (Å²) in [6.07, 6.45) is 4.02. The second-order valence-electron chi connectivity index (χ2n) is 17.1. The van der Waals surface area contributed by atoms with Crippen LogP contribution in [0.15, 0.2) is 116 Å². The van der Waals surface area contributed by atoms with Crippen molar-refractivity contribution in [2.75, 3.05) is 51.4 Å². The average Bonchev–Trinajstić information content (AvgIpc) is 4.00. The summed E-state index contributed by atoms with van der Waals surface area (Å²) < 4.78 is 48.7. The van der Waals surface area contributed by atoms with E-state index in [1.54, 1.807) is 56.6 Å². The molecule has 0 saturated carbocycles. The third-order valence-corrected chi connectivity index (χ3v) is 14.5. The van der Waals surface area contributed by atoms with Crippen molar-refractivity contribution in [3.63, 3.8) is 0 Å². The third-order valence-electron chi connectivity index (χ3n) is 11.8. The van der Waals surface area contributed by atoms with Crippen molar-refractivity contribution in [3.8, 4) is 11.5 Å². The van der Waals surface area contributed by atoms with Gasteiger partial charge in [0, 0.05) is 36.4 Å². The molecular weight excluding hydrogens is 930 g/mol. The van der Waals surface area contributed by atoms with Gasteiger partial charge in [-0.2, -0.15) is 11.8 Å². The SMILES string of the molecule is CCCOP(OC1C[C@H](n2cnc3c(NC(=O)c4ccc(CNC(=O)OCCSC)cc4)ncnc32)O[C@@H]1COC(c1ccccc1)(c1ccc(OC)cc1)c1ccc(OC)cc1)N(C(C)C)C(C)C. The van der Waals surface area contributed by atoms with E-state index >= 15 is 0 Å². The molecule has 16 nitrogen and oxygen atoms in total. The van der Waals surface area contributed by atoms with Crippen LogP contribution in [0, 0.1) is 0 Å². The second-order valence-corrected chi connectivity index (χ2v) is 19.5. The molecule has 2 unspecified atom stereocenters. The molecule has 0 bridgehead atoms. The Morgan fingerprint density at radius 2 is 1.50 bits per heavy atom. The van der Waals surface area contributed by atoms with Gasteiger partial charge in [-0.25, -0.2) is 24.4 Å². The first-order chi connectivity index (χ1) is 34.0. The van der Waals surface area contributed by atoms with E-state index < -0.39 is 38.7 Å². The van der Waals surface area contributed by atoms with Crippen molar-refractivity contribution in [1.82, 2.24) is 29.5 Å². The maximum atomic E-state index is 13.6. The molecular formula is C52H64N7O9PS. The van der Waals surface area contributed by atoms with Gasteiger partial charge in [-0.1, -0.05) is 73.7 Å². The monoisotopic (exact) mass is 993 g/mol.